The molecule has 1 aliphatic rings. The third kappa shape index (κ3) is 3.76. The van der Waals surface area contributed by atoms with E-state index in [1.165, 1.54) is 17.5 Å². The second-order valence-corrected chi connectivity index (χ2v) is 8.98. The lowest BCUT2D eigenvalue weighted by Crippen LogP contribution is -2.24. The van der Waals surface area contributed by atoms with Gasteiger partial charge in [0.1, 0.15) is 6.61 Å². The van der Waals surface area contributed by atoms with Gasteiger partial charge in [-0.3, -0.25) is 20.1 Å². The Kier molecular flexibility index (Phi) is 5.20. The molecule has 0 saturated carbocycles. The number of carbonyl (C=O) groups is 1. The van der Waals surface area contributed by atoms with Crippen LogP contribution < -0.4 is 10.2 Å². The number of pyridine rings is 1. The SMILES string of the molecule is N=C1OCCN1c1cccc(Cn2cc3cncc(NC(=O)c4ccc(Cl)s4)c3c2O)c1. The summed E-state index contributed by atoms with van der Waals surface area (Å²) in [6.07, 6.45) is 4.95. The van der Waals surface area contributed by atoms with Gasteiger partial charge in [-0.05, 0) is 29.8 Å². The molecule has 0 bridgehead atoms. The van der Waals surface area contributed by atoms with Crippen molar-refractivity contribution < 1.29 is 14.6 Å². The Labute approximate surface area is 192 Å². The van der Waals surface area contributed by atoms with Gasteiger partial charge in [0.25, 0.3) is 11.9 Å². The fourth-order valence-electron chi connectivity index (χ4n) is 3.71. The van der Waals surface area contributed by atoms with Crippen molar-refractivity contribution in [3.63, 3.8) is 0 Å². The molecule has 5 rings (SSSR count). The number of rotatable bonds is 5. The first-order chi connectivity index (χ1) is 15.5. The highest BCUT2D eigenvalue weighted by atomic mass is 35.5. The monoisotopic (exact) mass is 467 g/mol. The molecule has 0 atom stereocenters. The molecule has 4 heterocycles. The number of fused-ring (bicyclic) bond motifs is 1. The Morgan fingerprint density at radius 2 is 2.19 bits per heavy atom. The predicted molar refractivity (Wildman–Crippen MR) is 125 cm³/mol. The summed E-state index contributed by atoms with van der Waals surface area (Å²) < 4.78 is 7.46. The highest BCUT2D eigenvalue weighted by Crippen LogP contribution is 2.34. The fourth-order valence-corrected chi connectivity index (χ4v) is 4.65. The van der Waals surface area contributed by atoms with E-state index in [1.807, 2.05) is 24.3 Å². The molecule has 162 valence electrons. The number of carbonyl (C=O) groups excluding carboxylic acids is 1. The minimum atomic E-state index is -0.314. The number of amidine groups is 1. The number of nitrogens with one attached hydrogen (secondary N) is 2. The maximum absolute atomic E-state index is 12.6. The fraction of sp³-hybridized carbons (Fsp3) is 0.136. The van der Waals surface area contributed by atoms with Crippen molar-refractivity contribution in [1.82, 2.24) is 9.55 Å². The number of anilines is 2. The number of thiophene rings is 1. The number of aromatic nitrogens is 2. The minimum Gasteiger partial charge on any atom is -0.494 e. The lowest BCUT2D eigenvalue weighted by atomic mass is 10.2. The van der Waals surface area contributed by atoms with Gasteiger partial charge in [0.15, 0.2) is 0 Å². The maximum Gasteiger partial charge on any atom is 0.289 e. The van der Waals surface area contributed by atoms with E-state index in [2.05, 4.69) is 10.3 Å². The van der Waals surface area contributed by atoms with Crippen LogP contribution in [0.4, 0.5) is 11.4 Å². The largest absolute Gasteiger partial charge is 0.494 e. The first kappa shape index (κ1) is 20.3. The van der Waals surface area contributed by atoms with Gasteiger partial charge < -0.3 is 19.7 Å². The number of halogens is 1. The van der Waals surface area contributed by atoms with Crippen molar-refractivity contribution in [2.24, 2.45) is 0 Å². The average Bonchev–Trinajstić information content (AvgIpc) is 3.48. The summed E-state index contributed by atoms with van der Waals surface area (Å²) >= 11 is 7.11. The van der Waals surface area contributed by atoms with Crippen molar-refractivity contribution in [2.45, 2.75) is 6.54 Å². The molecule has 3 aromatic heterocycles. The van der Waals surface area contributed by atoms with Crippen LogP contribution in [-0.2, 0) is 11.3 Å². The molecule has 1 fully saturated rings. The molecule has 0 spiro atoms. The van der Waals surface area contributed by atoms with Crippen LogP contribution in [0.1, 0.15) is 15.2 Å². The van der Waals surface area contributed by atoms with Crippen LogP contribution in [0.5, 0.6) is 5.88 Å². The molecular weight excluding hydrogens is 450 g/mol. The topological polar surface area (TPSA) is 103 Å². The molecule has 4 aromatic rings. The molecule has 1 aromatic carbocycles. The third-order valence-corrected chi connectivity index (χ3v) is 6.41. The molecular formula is C22H18ClN5O3S. The van der Waals surface area contributed by atoms with Crippen LogP contribution in [-0.4, -0.2) is 39.7 Å². The summed E-state index contributed by atoms with van der Waals surface area (Å²) in [5.41, 5.74) is 2.24. The first-order valence-electron chi connectivity index (χ1n) is 9.80. The summed E-state index contributed by atoms with van der Waals surface area (Å²) in [6.45, 7) is 1.53. The second-order valence-electron chi connectivity index (χ2n) is 7.26. The Balaban J connectivity index is 1.44. The molecule has 3 N–H and O–H groups in total. The summed E-state index contributed by atoms with van der Waals surface area (Å²) in [6, 6.07) is 11.2. The summed E-state index contributed by atoms with van der Waals surface area (Å²) in [4.78, 5) is 19.0. The standard InChI is InChI=1S/C22H18ClN5O3S/c23-18-5-4-17(32-18)20(29)26-16-10-25-9-14-12-27(21(30)19(14)16)11-13-2-1-3-15(8-13)28-6-7-31-22(28)24/h1-5,8-10,12,24,30H,6-7,11H2,(H,26,29). The van der Waals surface area contributed by atoms with Crippen LogP contribution in [0.2, 0.25) is 4.34 Å². The molecule has 0 unspecified atom stereocenters. The van der Waals surface area contributed by atoms with Gasteiger partial charge in [0.2, 0.25) is 5.88 Å². The molecule has 0 aliphatic carbocycles. The second kappa shape index (κ2) is 8.18. The van der Waals surface area contributed by atoms with Crippen LogP contribution in [0, 0.1) is 5.41 Å². The van der Waals surface area contributed by atoms with E-state index in [1.54, 1.807) is 34.0 Å². The summed E-state index contributed by atoms with van der Waals surface area (Å²) in [5.74, 6) is -0.282. The number of ether oxygens (including phenoxy) is 1. The van der Waals surface area contributed by atoms with Gasteiger partial charge in [-0.2, -0.15) is 0 Å². The van der Waals surface area contributed by atoms with Crippen LogP contribution in [0.3, 0.4) is 0 Å². The first-order valence-corrected chi connectivity index (χ1v) is 11.0. The number of hydrogen-bond donors (Lipinski definition) is 3. The Morgan fingerprint density at radius 1 is 1.31 bits per heavy atom. The van der Waals surface area contributed by atoms with Gasteiger partial charge in [-0.1, -0.05) is 23.7 Å². The van der Waals surface area contributed by atoms with Crippen LogP contribution >= 0.6 is 22.9 Å². The number of amides is 1. The van der Waals surface area contributed by atoms with Gasteiger partial charge in [0.05, 0.1) is 39.6 Å². The van der Waals surface area contributed by atoms with E-state index in [0.29, 0.717) is 45.4 Å². The predicted octanol–water partition coefficient (Wildman–Crippen LogP) is 4.53. The quantitative estimate of drug-likeness (QED) is 0.400. The lowest BCUT2D eigenvalue weighted by Gasteiger charge is -2.16. The Hall–Kier alpha value is -3.56. The zero-order valence-corrected chi connectivity index (χ0v) is 18.3. The van der Waals surface area contributed by atoms with E-state index in [4.69, 9.17) is 21.7 Å². The molecule has 10 heteroatoms. The molecule has 1 aliphatic heterocycles. The van der Waals surface area contributed by atoms with E-state index in [0.717, 1.165) is 11.3 Å². The highest BCUT2D eigenvalue weighted by Gasteiger charge is 2.21. The van der Waals surface area contributed by atoms with Gasteiger partial charge in [0, 0.05) is 23.5 Å². The van der Waals surface area contributed by atoms with E-state index >= 15 is 0 Å². The Bertz CT molecular complexity index is 1350. The average molecular weight is 468 g/mol. The summed E-state index contributed by atoms with van der Waals surface area (Å²) in [5, 5.41) is 22.9. The van der Waals surface area contributed by atoms with Crippen molar-refractivity contribution in [3.8, 4) is 5.88 Å². The zero-order chi connectivity index (χ0) is 22.2. The smallest absolute Gasteiger partial charge is 0.289 e. The van der Waals surface area contributed by atoms with E-state index in [9.17, 15) is 9.90 Å². The number of benzene rings is 1. The van der Waals surface area contributed by atoms with E-state index < -0.39 is 0 Å². The van der Waals surface area contributed by atoms with Crippen LogP contribution in [0.25, 0.3) is 10.8 Å². The van der Waals surface area contributed by atoms with Crippen molar-refractivity contribution in [2.75, 3.05) is 23.4 Å². The highest BCUT2D eigenvalue weighted by molar-refractivity contribution is 7.18. The lowest BCUT2D eigenvalue weighted by molar-refractivity contribution is 0.103. The number of nitrogens with zero attached hydrogens (tertiary/aromatic N) is 3. The van der Waals surface area contributed by atoms with Gasteiger partial charge in [-0.15, -0.1) is 11.3 Å². The minimum absolute atomic E-state index is 0.0320. The number of hydrogen-bond acceptors (Lipinski definition) is 6. The van der Waals surface area contributed by atoms with Crippen LogP contribution in [0.15, 0.2) is 55.0 Å². The van der Waals surface area contributed by atoms with Crippen molar-refractivity contribution in [3.05, 3.63) is 69.8 Å². The zero-order valence-electron chi connectivity index (χ0n) is 16.7. The normalized spacial score (nSPS) is 13.5. The Morgan fingerprint density at radius 3 is 2.94 bits per heavy atom. The van der Waals surface area contributed by atoms with E-state index in [-0.39, 0.29) is 17.8 Å². The summed E-state index contributed by atoms with van der Waals surface area (Å²) in [7, 11) is 0. The molecule has 8 nitrogen and oxygen atoms in total. The van der Waals surface area contributed by atoms with Gasteiger partial charge >= 0.3 is 0 Å². The van der Waals surface area contributed by atoms with Crippen molar-refractivity contribution in [1.29, 1.82) is 5.41 Å². The number of aromatic hydroxyl groups is 1. The molecule has 1 saturated heterocycles. The molecule has 32 heavy (non-hydrogen) atoms. The third-order valence-electron chi connectivity index (χ3n) is 5.19. The van der Waals surface area contributed by atoms with Gasteiger partial charge in [-0.25, -0.2) is 0 Å². The van der Waals surface area contributed by atoms with Crippen molar-refractivity contribution >= 4 is 57.0 Å². The molecule has 1 amide bonds. The maximum atomic E-state index is 12.6. The molecule has 0 radical (unpaired) electrons.